The van der Waals surface area contributed by atoms with Gasteiger partial charge in [0.2, 0.25) is 5.91 Å². The summed E-state index contributed by atoms with van der Waals surface area (Å²) >= 11 is 0. The van der Waals surface area contributed by atoms with E-state index in [-0.39, 0.29) is 23.8 Å². The highest BCUT2D eigenvalue weighted by atomic mass is 19.1. The molecule has 114 valence electrons. The van der Waals surface area contributed by atoms with Crippen molar-refractivity contribution < 1.29 is 9.18 Å². The van der Waals surface area contributed by atoms with Crippen LogP contribution in [0.1, 0.15) is 44.6 Å². The molecule has 1 aromatic rings. The van der Waals surface area contributed by atoms with Crippen LogP contribution in [0.3, 0.4) is 0 Å². The van der Waals surface area contributed by atoms with Crippen LogP contribution in [0.15, 0.2) is 24.3 Å². The second-order valence-electron chi connectivity index (χ2n) is 6.67. The molecule has 2 aliphatic rings. The number of halogens is 1. The first kappa shape index (κ1) is 14.5. The van der Waals surface area contributed by atoms with E-state index < -0.39 is 5.41 Å². The fourth-order valence-electron chi connectivity index (χ4n) is 3.35. The van der Waals surface area contributed by atoms with Crippen molar-refractivity contribution in [2.24, 2.45) is 11.1 Å². The summed E-state index contributed by atoms with van der Waals surface area (Å²) in [5.41, 5.74) is 6.29. The molecule has 2 N–H and O–H groups in total. The average molecular weight is 290 g/mol. The van der Waals surface area contributed by atoms with E-state index in [4.69, 9.17) is 5.73 Å². The maximum absolute atomic E-state index is 13.9. The van der Waals surface area contributed by atoms with E-state index in [9.17, 15) is 9.18 Å². The van der Waals surface area contributed by atoms with Crippen molar-refractivity contribution in [3.05, 3.63) is 35.6 Å². The molecule has 0 radical (unpaired) electrons. The van der Waals surface area contributed by atoms with Gasteiger partial charge >= 0.3 is 0 Å². The maximum Gasteiger partial charge on any atom is 0.230 e. The van der Waals surface area contributed by atoms with Gasteiger partial charge in [0.15, 0.2) is 0 Å². The standard InChI is InChI=1S/C17H23FN2O/c1-17(10-4-7-15(17)19)16(21)20(13-8-9-13)11-12-5-2-3-6-14(12)18/h2-3,5-6,13,15H,4,7-11,19H2,1H3. The lowest BCUT2D eigenvalue weighted by Crippen LogP contribution is -2.49. The number of benzene rings is 1. The lowest BCUT2D eigenvalue weighted by Gasteiger charge is -2.35. The smallest absolute Gasteiger partial charge is 0.230 e. The van der Waals surface area contributed by atoms with Gasteiger partial charge < -0.3 is 10.6 Å². The molecule has 3 nitrogen and oxygen atoms in total. The number of hydrogen-bond donors (Lipinski definition) is 1. The molecule has 0 spiro atoms. The Kier molecular flexibility index (Phi) is 3.74. The van der Waals surface area contributed by atoms with Crippen LogP contribution in [0, 0.1) is 11.2 Å². The molecular formula is C17H23FN2O. The highest BCUT2D eigenvalue weighted by Crippen LogP contribution is 2.41. The second kappa shape index (κ2) is 5.41. The number of hydrogen-bond acceptors (Lipinski definition) is 2. The third-order valence-corrected chi connectivity index (χ3v) is 5.07. The van der Waals surface area contributed by atoms with Crippen LogP contribution in [0.25, 0.3) is 0 Å². The number of nitrogens with two attached hydrogens (primary N) is 1. The van der Waals surface area contributed by atoms with Crippen LogP contribution in [-0.4, -0.2) is 22.9 Å². The van der Waals surface area contributed by atoms with Crippen LogP contribution >= 0.6 is 0 Å². The molecule has 0 bridgehead atoms. The molecular weight excluding hydrogens is 267 g/mol. The van der Waals surface area contributed by atoms with E-state index in [0.29, 0.717) is 12.1 Å². The molecule has 0 heterocycles. The Morgan fingerprint density at radius 1 is 1.38 bits per heavy atom. The monoisotopic (exact) mass is 290 g/mol. The minimum absolute atomic E-state index is 0.0770. The van der Waals surface area contributed by atoms with Crippen molar-refractivity contribution in [2.75, 3.05) is 0 Å². The van der Waals surface area contributed by atoms with Gasteiger partial charge in [-0.1, -0.05) is 24.6 Å². The van der Waals surface area contributed by atoms with Crippen LogP contribution in [0.5, 0.6) is 0 Å². The van der Waals surface area contributed by atoms with Crippen LogP contribution < -0.4 is 5.73 Å². The largest absolute Gasteiger partial charge is 0.335 e. The molecule has 2 saturated carbocycles. The predicted octanol–water partition coefficient (Wildman–Crippen LogP) is 2.83. The first-order valence-corrected chi connectivity index (χ1v) is 7.82. The van der Waals surface area contributed by atoms with E-state index in [1.54, 1.807) is 12.1 Å². The van der Waals surface area contributed by atoms with Gasteiger partial charge in [-0.05, 0) is 38.7 Å². The zero-order valence-corrected chi connectivity index (χ0v) is 12.5. The summed E-state index contributed by atoms with van der Waals surface area (Å²) in [4.78, 5) is 14.9. The predicted molar refractivity (Wildman–Crippen MR) is 79.9 cm³/mol. The molecule has 2 atom stereocenters. The molecule has 21 heavy (non-hydrogen) atoms. The third-order valence-electron chi connectivity index (χ3n) is 5.07. The fraction of sp³-hybridized carbons (Fsp3) is 0.588. The zero-order chi connectivity index (χ0) is 15.0. The minimum atomic E-state index is -0.478. The molecule has 1 amide bonds. The lowest BCUT2D eigenvalue weighted by atomic mass is 9.83. The molecule has 3 rings (SSSR count). The van der Waals surface area contributed by atoms with Crippen molar-refractivity contribution >= 4 is 5.91 Å². The Hall–Kier alpha value is -1.42. The number of nitrogens with zero attached hydrogens (tertiary/aromatic N) is 1. The van der Waals surface area contributed by atoms with Gasteiger partial charge in [-0.2, -0.15) is 0 Å². The van der Waals surface area contributed by atoms with E-state index in [2.05, 4.69) is 0 Å². The van der Waals surface area contributed by atoms with Crippen LogP contribution in [0.2, 0.25) is 0 Å². The van der Waals surface area contributed by atoms with Gasteiger partial charge in [-0.25, -0.2) is 4.39 Å². The van der Waals surface area contributed by atoms with E-state index in [0.717, 1.165) is 32.1 Å². The Labute approximate surface area is 125 Å². The summed E-state index contributed by atoms with van der Waals surface area (Å²) in [6.45, 7) is 2.34. The average Bonchev–Trinajstić information content (AvgIpc) is 3.24. The van der Waals surface area contributed by atoms with E-state index in [1.807, 2.05) is 17.9 Å². The molecule has 2 unspecified atom stereocenters. The van der Waals surface area contributed by atoms with Crippen LogP contribution in [0.4, 0.5) is 4.39 Å². The molecule has 2 fully saturated rings. The molecule has 4 heteroatoms. The van der Waals surface area contributed by atoms with Gasteiger partial charge in [0, 0.05) is 24.2 Å². The zero-order valence-electron chi connectivity index (χ0n) is 12.5. The molecule has 1 aromatic carbocycles. The normalized spacial score (nSPS) is 28.6. The number of carbonyl (C=O) groups is 1. The summed E-state index contributed by atoms with van der Waals surface area (Å²) in [5, 5.41) is 0. The number of carbonyl (C=O) groups excluding carboxylic acids is 1. The van der Waals surface area contributed by atoms with Gasteiger partial charge in [0.1, 0.15) is 5.82 Å². The Morgan fingerprint density at radius 2 is 2.10 bits per heavy atom. The summed E-state index contributed by atoms with van der Waals surface area (Å²) in [5.74, 6) is -0.130. The topological polar surface area (TPSA) is 46.3 Å². The quantitative estimate of drug-likeness (QED) is 0.927. The highest BCUT2D eigenvalue weighted by Gasteiger charge is 2.47. The van der Waals surface area contributed by atoms with Crippen LogP contribution in [-0.2, 0) is 11.3 Å². The maximum atomic E-state index is 13.9. The molecule has 2 aliphatic carbocycles. The van der Waals surface area contributed by atoms with E-state index >= 15 is 0 Å². The van der Waals surface area contributed by atoms with Gasteiger partial charge in [0.05, 0.1) is 5.41 Å². The minimum Gasteiger partial charge on any atom is -0.335 e. The Bertz CT molecular complexity index is 543. The highest BCUT2D eigenvalue weighted by molar-refractivity contribution is 5.84. The second-order valence-corrected chi connectivity index (χ2v) is 6.67. The van der Waals surface area contributed by atoms with Crippen molar-refractivity contribution in [1.82, 2.24) is 4.90 Å². The Balaban J connectivity index is 1.82. The Morgan fingerprint density at radius 3 is 2.67 bits per heavy atom. The SMILES string of the molecule is CC1(C(=O)N(Cc2ccccc2F)C2CC2)CCCC1N. The van der Waals surface area contributed by atoms with E-state index in [1.165, 1.54) is 6.07 Å². The summed E-state index contributed by atoms with van der Waals surface area (Å²) in [6.07, 6.45) is 4.78. The number of amides is 1. The van der Waals surface area contributed by atoms with Crippen molar-refractivity contribution in [3.63, 3.8) is 0 Å². The summed E-state index contributed by atoms with van der Waals surface area (Å²) in [6, 6.07) is 6.89. The molecule has 0 saturated heterocycles. The van der Waals surface area contributed by atoms with Gasteiger partial charge in [-0.15, -0.1) is 0 Å². The molecule has 0 aromatic heterocycles. The van der Waals surface area contributed by atoms with Crippen molar-refractivity contribution in [3.8, 4) is 0 Å². The van der Waals surface area contributed by atoms with Crippen molar-refractivity contribution in [1.29, 1.82) is 0 Å². The lowest BCUT2D eigenvalue weighted by molar-refractivity contribution is -0.143. The third kappa shape index (κ3) is 2.69. The van der Waals surface area contributed by atoms with Crippen molar-refractivity contribution in [2.45, 2.75) is 57.7 Å². The summed E-state index contributed by atoms with van der Waals surface area (Å²) in [7, 11) is 0. The van der Waals surface area contributed by atoms with Gasteiger partial charge in [0.25, 0.3) is 0 Å². The number of rotatable bonds is 4. The first-order valence-electron chi connectivity index (χ1n) is 7.82. The summed E-state index contributed by atoms with van der Waals surface area (Å²) < 4.78 is 13.9. The molecule has 0 aliphatic heterocycles. The fourth-order valence-corrected chi connectivity index (χ4v) is 3.35. The van der Waals surface area contributed by atoms with Gasteiger partial charge in [-0.3, -0.25) is 4.79 Å². The first-order chi connectivity index (χ1) is 10.0.